The fourth-order valence-electron chi connectivity index (χ4n) is 3.10. The largest absolute Gasteiger partial charge is 0.492 e. The maximum Gasteiger partial charge on any atom is 0.240 e. The van der Waals surface area contributed by atoms with E-state index in [1.807, 2.05) is 24.3 Å². The molecule has 2 aromatic rings. The quantitative estimate of drug-likeness (QED) is 0.761. The van der Waals surface area contributed by atoms with Crippen LogP contribution < -0.4 is 19.7 Å². The number of nitrogens with one attached hydrogen (secondary N) is 1. The number of hydrogen-bond donors (Lipinski definition) is 1. The van der Waals surface area contributed by atoms with Gasteiger partial charge in [-0.05, 0) is 35.2 Å². The lowest BCUT2D eigenvalue weighted by Crippen LogP contribution is -2.41. The zero-order valence-corrected chi connectivity index (χ0v) is 17.2. The molecule has 1 N–H and O–H groups in total. The molecule has 0 spiro atoms. The first-order chi connectivity index (χ1) is 13.8. The molecule has 1 aliphatic heterocycles. The molecule has 0 saturated heterocycles. The molecule has 2 amide bonds. The minimum absolute atomic E-state index is 0.0422. The van der Waals surface area contributed by atoms with Crippen molar-refractivity contribution in [2.24, 2.45) is 0 Å². The van der Waals surface area contributed by atoms with Gasteiger partial charge in [0.15, 0.2) is 0 Å². The molecule has 0 bridgehead atoms. The number of hydrogen-bond acceptors (Lipinski definition) is 4. The minimum atomic E-state index is -0.235. The fraction of sp³-hybridized carbons (Fsp3) is 0.391. The third kappa shape index (κ3) is 5.50. The van der Waals surface area contributed by atoms with Crippen LogP contribution in [0.1, 0.15) is 32.8 Å². The number of benzene rings is 2. The lowest BCUT2D eigenvalue weighted by atomic mass is 9.87. The predicted molar refractivity (Wildman–Crippen MR) is 113 cm³/mol. The average Bonchev–Trinajstić information content (AvgIpc) is 2.84. The zero-order chi connectivity index (χ0) is 20.9. The van der Waals surface area contributed by atoms with Crippen LogP contribution in [0.2, 0.25) is 0 Å². The second-order valence-electron chi connectivity index (χ2n) is 8.02. The van der Waals surface area contributed by atoms with Crippen molar-refractivity contribution in [3.63, 3.8) is 0 Å². The Labute approximate surface area is 171 Å². The van der Waals surface area contributed by atoms with E-state index in [2.05, 4.69) is 38.2 Å². The van der Waals surface area contributed by atoms with E-state index in [1.54, 1.807) is 12.1 Å². The lowest BCUT2D eigenvalue weighted by Gasteiger charge is -2.21. The van der Waals surface area contributed by atoms with Crippen LogP contribution >= 0.6 is 0 Å². The Balaban J connectivity index is 1.48. The Bertz CT molecular complexity index is 856. The van der Waals surface area contributed by atoms with Gasteiger partial charge in [-0.2, -0.15) is 0 Å². The van der Waals surface area contributed by atoms with E-state index in [1.165, 1.54) is 10.5 Å². The molecular weight excluding hydrogens is 368 g/mol. The number of carbonyl (C=O) groups excluding carboxylic acids is 2. The Hall–Kier alpha value is -3.02. The van der Waals surface area contributed by atoms with Crippen molar-refractivity contribution >= 4 is 17.5 Å². The number of amides is 2. The van der Waals surface area contributed by atoms with Crippen molar-refractivity contribution in [2.45, 2.75) is 32.6 Å². The molecule has 0 fully saturated rings. The van der Waals surface area contributed by atoms with E-state index in [9.17, 15) is 9.59 Å². The van der Waals surface area contributed by atoms with E-state index in [-0.39, 0.29) is 30.2 Å². The topological polar surface area (TPSA) is 67.9 Å². The first kappa shape index (κ1) is 20.7. The predicted octanol–water partition coefficient (Wildman–Crippen LogP) is 3.29. The highest BCUT2D eigenvalue weighted by Gasteiger charge is 2.24. The Morgan fingerprint density at radius 1 is 1.14 bits per heavy atom. The van der Waals surface area contributed by atoms with Gasteiger partial charge in [0, 0.05) is 0 Å². The summed E-state index contributed by atoms with van der Waals surface area (Å²) >= 11 is 0. The van der Waals surface area contributed by atoms with E-state index >= 15 is 0 Å². The van der Waals surface area contributed by atoms with Crippen molar-refractivity contribution in [2.75, 3.05) is 31.2 Å². The first-order valence-electron chi connectivity index (χ1n) is 9.87. The summed E-state index contributed by atoms with van der Waals surface area (Å²) in [4.78, 5) is 26.2. The molecular formula is C23H28N2O4. The van der Waals surface area contributed by atoms with Gasteiger partial charge in [-0.3, -0.25) is 14.5 Å². The van der Waals surface area contributed by atoms with Crippen LogP contribution in [0.5, 0.6) is 11.5 Å². The number of anilines is 1. The highest BCUT2D eigenvalue weighted by Crippen LogP contribution is 2.30. The summed E-state index contributed by atoms with van der Waals surface area (Å²) in [6, 6.07) is 15.2. The van der Waals surface area contributed by atoms with Crippen molar-refractivity contribution in [1.29, 1.82) is 0 Å². The zero-order valence-electron chi connectivity index (χ0n) is 17.2. The first-order valence-corrected chi connectivity index (χ1v) is 9.87. The smallest absolute Gasteiger partial charge is 0.240 e. The molecule has 0 aliphatic carbocycles. The van der Waals surface area contributed by atoms with Crippen molar-refractivity contribution in [3.05, 3.63) is 54.1 Å². The third-order valence-electron chi connectivity index (χ3n) is 4.75. The van der Waals surface area contributed by atoms with Crippen LogP contribution in [-0.4, -0.2) is 38.1 Å². The number of carbonyl (C=O) groups is 2. The molecule has 154 valence electrons. The molecule has 0 aromatic heterocycles. The number of rotatable bonds is 6. The van der Waals surface area contributed by atoms with Gasteiger partial charge in [0.2, 0.25) is 11.8 Å². The van der Waals surface area contributed by atoms with Crippen LogP contribution in [0.15, 0.2) is 48.5 Å². The molecule has 0 unspecified atom stereocenters. The monoisotopic (exact) mass is 396 g/mol. The highest BCUT2D eigenvalue weighted by atomic mass is 16.5. The Morgan fingerprint density at radius 2 is 1.86 bits per heavy atom. The summed E-state index contributed by atoms with van der Waals surface area (Å²) in [5, 5.41) is 2.81. The van der Waals surface area contributed by atoms with E-state index < -0.39 is 0 Å². The van der Waals surface area contributed by atoms with Gasteiger partial charge in [-0.25, -0.2) is 0 Å². The van der Waals surface area contributed by atoms with E-state index in [0.29, 0.717) is 31.2 Å². The fourth-order valence-corrected chi connectivity index (χ4v) is 3.10. The molecule has 0 saturated carbocycles. The minimum Gasteiger partial charge on any atom is -0.492 e. The van der Waals surface area contributed by atoms with Crippen LogP contribution in [0.3, 0.4) is 0 Å². The normalized spacial score (nSPS) is 13.9. The molecule has 0 atom stereocenters. The van der Waals surface area contributed by atoms with E-state index in [4.69, 9.17) is 9.47 Å². The maximum absolute atomic E-state index is 12.4. The molecule has 6 nitrogen and oxygen atoms in total. The Kier molecular flexibility index (Phi) is 6.42. The van der Waals surface area contributed by atoms with Gasteiger partial charge >= 0.3 is 0 Å². The van der Waals surface area contributed by atoms with Gasteiger partial charge < -0.3 is 14.8 Å². The lowest BCUT2D eigenvalue weighted by molar-refractivity contribution is -0.124. The Morgan fingerprint density at radius 3 is 2.59 bits per heavy atom. The third-order valence-corrected chi connectivity index (χ3v) is 4.75. The molecule has 3 rings (SSSR count). The molecule has 1 aliphatic rings. The molecule has 29 heavy (non-hydrogen) atoms. The van der Waals surface area contributed by atoms with E-state index in [0.717, 1.165) is 5.75 Å². The van der Waals surface area contributed by atoms with Gasteiger partial charge in [0.1, 0.15) is 24.7 Å². The van der Waals surface area contributed by atoms with Gasteiger partial charge in [0.25, 0.3) is 0 Å². The second kappa shape index (κ2) is 8.99. The van der Waals surface area contributed by atoms with Crippen LogP contribution in [0, 0.1) is 0 Å². The van der Waals surface area contributed by atoms with Crippen LogP contribution in [0.25, 0.3) is 0 Å². The summed E-state index contributed by atoms with van der Waals surface area (Å²) in [5.74, 6) is 1.02. The van der Waals surface area contributed by atoms with Crippen molar-refractivity contribution in [1.82, 2.24) is 5.32 Å². The summed E-state index contributed by atoms with van der Waals surface area (Å²) < 4.78 is 11.3. The number of para-hydroxylation sites is 2. The summed E-state index contributed by atoms with van der Waals surface area (Å²) in [6.07, 6.45) is 0.246. The number of fused-ring (bicyclic) bond motifs is 1. The summed E-state index contributed by atoms with van der Waals surface area (Å²) in [7, 11) is 0. The van der Waals surface area contributed by atoms with Crippen molar-refractivity contribution in [3.8, 4) is 11.5 Å². The van der Waals surface area contributed by atoms with Crippen molar-refractivity contribution < 1.29 is 19.1 Å². The molecule has 1 heterocycles. The van der Waals surface area contributed by atoms with Crippen LogP contribution in [-0.2, 0) is 15.0 Å². The number of ether oxygens (including phenoxy) is 2. The van der Waals surface area contributed by atoms with Gasteiger partial charge in [-0.1, -0.05) is 45.0 Å². The SMILES string of the molecule is CC(C)(C)c1ccc(OCCNC(=O)CN2C(=O)CCOc3ccccc32)cc1. The second-order valence-corrected chi connectivity index (χ2v) is 8.02. The van der Waals surface area contributed by atoms with Gasteiger partial charge in [0.05, 0.1) is 25.3 Å². The molecule has 6 heteroatoms. The standard InChI is InChI=1S/C23H28N2O4/c1-23(2,3)17-8-10-18(11-9-17)28-15-13-24-21(26)16-25-19-6-4-5-7-20(19)29-14-12-22(25)27/h4-11H,12-16H2,1-3H3,(H,24,26). The highest BCUT2D eigenvalue weighted by molar-refractivity contribution is 6.00. The average molecular weight is 396 g/mol. The maximum atomic E-state index is 12.4. The summed E-state index contributed by atoms with van der Waals surface area (Å²) in [6.45, 7) is 7.48. The number of nitrogens with zero attached hydrogens (tertiary/aromatic N) is 1. The molecule has 2 aromatic carbocycles. The molecule has 0 radical (unpaired) electrons. The summed E-state index contributed by atoms with van der Waals surface area (Å²) in [5.41, 5.74) is 1.96. The van der Waals surface area contributed by atoms with Gasteiger partial charge in [-0.15, -0.1) is 0 Å². The van der Waals surface area contributed by atoms with Crippen LogP contribution in [0.4, 0.5) is 5.69 Å².